The minimum atomic E-state index is -0.212. The molecule has 2 atom stereocenters. The van der Waals surface area contributed by atoms with Crippen LogP contribution in [0, 0.1) is 0 Å². The van der Waals surface area contributed by atoms with E-state index in [1.807, 2.05) is 0 Å². The van der Waals surface area contributed by atoms with Crippen molar-refractivity contribution in [1.82, 2.24) is 20.1 Å². The highest BCUT2D eigenvalue weighted by molar-refractivity contribution is 5.96. The van der Waals surface area contributed by atoms with E-state index in [9.17, 15) is 4.79 Å². The number of piperazine rings is 1. The van der Waals surface area contributed by atoms with Gasteiger partial charge in [-0.1, -0.05) is 0 Å². The molecule has 1 aliphatic heterocycles. The lowest BCUT2D eigenvalue weighted by atomic mass is 10.1. The fourth-order valence-corrected chi connectivity index (χ4v) is 2.06. The van der Waals surface area contributed by atoms with Crippen LogP contribution in [0.2, 0.25) is 0 Å². The number of anilines is 1. The average molecular weight is 239 g/mol. The van der Waals surface area contributed by atoms with Crippen molar-refractivity contribution in [2.24, 2.45) is 0 Å². The van der Waals surface area contributed by atoms with Gasteiger partial charge in [-0.05, 0) is 31.2 Å². The lowest BCUT2D eigenvalue weighted by molar-refractivity contribution is 0.0406. The lowest BCUT2D eigenvalue weighted by Gasteiger charge is -2.42. The van der Waals surface area contributed by atoms with Crippen molar-refractivity contribution in [3.05, 3.63) is 5.69 Å². The maximum Gasteiger partial charge on any atom is 0.280 e. The first-order valence-electron chi connectivity index (χ1n) is 5.60. The van der Waals surface area contributed by atoms with E-state index < -0.39 is 0 Å². The Balaban J connectivity index is 2.14. The first-order valence-corrected chi connectivity index (χ1v) is 5.60. The highest BCUT2D eigenvalue weighted by Crippen LogP contribution is 2.17. The van der Waals surface area contributed by atoms with Crippen molar-refractivity contribution >= 4 is 11.7 Å². The maximum atomic E-state index is 12.1. The molecular formula is C10H17N5O2. The molecule has 2 rings (SSSR count). The second kappa shape index (κ2) is 4.33. The van der Waals surface area contributed by atoms with E-state index in [0.717, 1.165) is 0 Å². The quantitative estimate of drug-likeness (QED) is 0.731. The van der Waals surface area contributed by atoms with Crippen LogP contribution in [0.3, 0.4) is 0 Å². The van der Waals surface area contributed by atoms with E-state index in [1.165, 1.54) is 0 Å². The number of hydrogen-bond donors (Lipinski definition) is 1. The summed E-state index contributed by atoms with van der Waals surface area (Å²) in [6, 6.07) is 0.618. The van der Waals surface area contributed by atoms with Crippen LogP contribution in [-0.4, -0.2) is 58.2 Å². The first-order chi connectivity index (χ1) is 8.00. The van der Waals surface area contributed by atoms with Crippen molar-refractivity contribution in [3.8, 4) is 0 Å². The Morgan fingerprint density at radius 1 is 1.35 bits per heavy atom. The van der Waals surface area contributed by atoms with Gasteiger partial charge in [-0.15, -0.1) is 0 Å². The fourth-order valence-electron chi connectivity index (χ4n) is 2.06. The Hall–Kier alpha value is -1.63. The molecule has 1 fully saturated rings. The summed E-state index contributed by atoms with van der Waals surface area (Å²) in [6.45, 7) is 5.48. The number of aromatic nitrogens is 2. The van der Waals surface area contributed by atoms with Crippen LogP contribution in [0.4, 0.5) is 5.82 Å². The van der Waals surface area contributed by atoms with Gasteiger partial charge in [0.05, 0.1) is 0 Å². The van der Waals surface area contributed by atoms with Crippen molar-refractivity contribution in [2.75, 3.05) is 25.9 Å². The molecule has 0 radical (unpaired) electrons. The molecule has 0 spiro atoms. The summed E-state index contributed by atoms with van der Waals surface area (Å²) in [5.41, 5.74) is 5.62. The fraction of sp³-hybridized carbons (Fsp3) is 0.700. The van der Waals surface area contributed by atoms with Gasteiger partial charge >= 0.3 is 0 Å². The normalized spacial score (nSPS) is 26.2. The molecule has 1 saturated heterocycles. The second-order valence-electron chi connectivity index (χ2n) is 4.57. The Morgan fingerprint density at radius 3 is 2.41 bits per heavy atom. The molecule has 0 aromatic carbocycles. The predicted molar refractivity (Wildman–Crippen MR) is 61.3 cm³/mol. The van der Waals surface area contributed by atoms with Crippen LogP contribution in [-0.2, 0) is 0 Å². The third-order valence-electron chi connectivity index (χ3n) is 3.36. The summed E-state index contributed by atoms with van der Waals surface area (Å²) in [5, 5.41) is 6.96. The molecule has 7 nitrogen and oxygen atoms in total. The minimum absolute atomic E-state index is 0.0502. The van der Waals surface area contributed by atoms with Gasteiger partial charge in [0.1, 0.15) is 0 Å². The SMILES string of the molecule is CC1CN(C(=O)c2nonc2N)CC(C)N1C. The number of carbonyl (C=O) groups is 1. The van der Waals surface area contributed by atoms with Crippen molar-refractivity contribution < 1.29 is 9.42 Å². The van der Waals surface area contributed by atoms with Gasteiger partial charge in [-0.25, -0.2) is 4.63 Å². The van der Waals surface area contributed by atoms with Gasteiger partial charge in [-0.2, -0.15) is 0 Å². The topological polar surface area (TPSA) is 88.5 Å². The molecule has 1 aromatic rings. The minimum Gasteiger partial charge on any atom is -0.379 e. The van der Waals surface area contributed by atoms with Crippen LogP contribution >= 0.6 is 0 Å². The molecule has 1 aromatic heterocycles. The van der Waals surface area contributed by atoms with E-state index in [2.05, 4.69) is 40.7 Å². The Morgan fingerprint density at radius 2 is 1.94 bits per heavy atom. The number of hydrogen-bond acceptors (Lipinski definition) is 6. The smallest absolute Gasteiger partial charge is 0.280 e. The van der Waals surface area contributed by atoms with Crippen molar-refractivity contribution in [1.29, 1.82) is 0 Å². The summed E-state index contributed by atoms with van der Waals surface area (Å²) in [6.07, 6.45) is 0. The standard InChI is InChI=1S/C10H17N5O2/c1-6-4-15(5-7(2)14(6)3)10(16)8-9(11)13-17-12-8/h6-7H,4-5H2,1-3H3,(H2,11,13). The monoisotopic (exact) mass is 239 g/mol. The Bertz CT molecular complexity index is 407. The average Bonchev–Trinajstić information content (AvgIpc) is 2.70. The van der Waals surface area contributed by atoms with Gasteiger partial charge in [-0.3, -0.25) is 9.69 Å². The van der Waals surface area contributed by atoms with E-state index in [0.29, 0.717) is 25.2 Å². The highest BCUT2D eigenvalue weighted by atomic mass is 16.6. The number of amides is 1. The summed E-state index contributed by atoms with van der Waals surface area (Å²) >= 11 is 0. The molecule has 2 N–H and O–H groups in total. The predicted octanol–water partition coefficient (Wildman–Crippen LogP) is -0.184. The van der Waals surface area contributed by atoms with Gasteiger partial charge in [0.2, 0.25) is 11.5 Å². The van der Waals surface area contributed by atoms with E-state index in [4.69, 9.17) is 5.73 Å². The molecule has 7 heteroatoms. The number of carbonyl (C=O) groups excluding carboxylic acids is 1. The molecule has 2 heterocycles. The molecule has 1 aliphatic rings. The van der Waals surface area contributed by atoms with E-state index >= 15 is 0 Å². The zero-order chi connectivity index (χ0) is 12.6. The van der Waals surface area contributed by atoms with Crippen LogP contribution in [0.5, 0.6) is 0 Å². The van der Waals surface area contributed by atoms with Crippen LogP contribution in [0.1, 0.15) is 24.3 Å². The second-order valence-corrected chi connectivity index (χ2v) is 4.57. The summed E-state index contributed by atoms with van der Waals surface area (Å²) in [7, 11) is 2.06. The van der Waals surface area contributed by atoms with Crippen LogP contribution in [0.25, 0.3) is 0 Å². The van der Waals surface area contributed by atoms with Gasteiger partial charge in [0.15, 0.2) is 0 Å². The van der Waals surface area contributed by atoms with Crippen LogP contribution in [0.15, 0.2) is 4.63 Å². The Kier molecular flexibility index (Phi) is 3.01. The largest absolute Gasteiger partial charge is 0.379 e. The summed E-state index contributed by atoms with van der Waals surface area (Å²) < 4.78 is 4.45. The zero-order valence-corrected chi connectivity index (χ0v) is 10.3. The molecule has 1 amide bonds. The summed E-state index contributed by atoms with van der Waals surface area (Å²) in [4.78, 5) is 16.1. The molecule has 0 saturated carbocycles. The van der Waals surface area contributed by atoms with Crippen molar-refractivity contribution in [3.63, 3.8) is 0 Å². The van der Waals surface area contributed by atoms with E-state index in [1.54, 1.807) is 4.90 Å². The highest BCUT2D eigenvalue weighted by Gasteiger charge is 2.32. The number of nitrogens with two attached hydrogens (primary N) is 1. The zero-order valence-electron chi connectivity index (χ0n) is 10.3. The molecule has 94 valence electrons. The first kappa shape index (κ1) is 11.8. The number of likely N-dealkylation sites (N-methyl/N-ethyl adjacent to an activating group) is 1. The number of nitrogen functional groups attached to an aromatic ring is 1. The number of rotatable bonds is 1. The van der Waals surface area contributed by atoms with Crippen molar-refractivity contribution in [2.45, 2.75) is 25.9 Å². The van der Waals surface area contributed by atoms with Gasteiger partial charge in [0, 0.05) is 25.2 Å². The third kappa shape index (κ3) is 2.10. The maximum absolute atomic E-state index is 12.1. The number of nitrogens with zero attached hydrogens (tertiary/aromatic N) is 4. The molecule has 17 heavy (non-hydrogen) atoms. The van der Waals surface area contributed by atoms with Crippen LogP contribution < -0.4 is 5.73 Å². The van der Waals surface area contributed by atoms with Gasteiger partial charge < -0.3 is 10.6 Å². The summed E-state index contributed by atoms with van der Waals surface area (Å²) in [5.74, 6) is -0.162. The van der Waals surface area contributed by atoms with Gasteiger partial charge in [0.25, 0.3) is 5.91 Å². The van der Waals surface area contributed by atoms with E-state index in [-0.39, 0.29) is 17.4 Å². The lowest BCUT2D eigenvalue weighted by Crippen LogP contribution is -2.56. The molecule has 2 unspecified atom stereocenters. The molecular weight excluding hydrogens is 222 g/mol. The Labute approximate surface area is 99.5 Å². The molecule has 0 bridgehead atoms. The molecule has 0 aliphatic carbocycles. The third-order valence-corrected chi connectivity index (χ3v) is 3.36.